The molecule has 5 heteroatoms. The van der Waals surface area contributed by atoms with Crippen LogP contribution >= 0.6 is 0 Å². The minimum Gasteiger partial charge on any atom is -0.381 e. The van der Waals surface area contributed by atoms with E-state index in [-0.39, 0.29) is 12.0 Å². The van der Waals surface area contributed by atoms with E-state index in [0.717, 1.165) is 0 Å². The third-order valence-corrected chi connectivity index (χ3v) is 4.50. The molecule has 1 aromatic rings. The smallest absolute Gasteiger partial charge is 0.219 e. The van der Waals surface area contributed by atoms with Crippen LogP contribution in [0.5, 0.6) is 0 Å². The summed E-state index contributed by atoms with van der Waals surface area (Å²) in [6.07, 6.45) is 1.52. The molecule has 2 rings (SSSR count). The molecule has 0 N–H and O–H groups in total. The summed E-state index contributed by atoms with van der Waals surface area (Å²) < 4.78 is 34.5. The molecule has 1 aliphatic heterocycles. The van der Waals surface area contributed by atoms with Crippen molar-refractivity contribution >= 4 is 8.07 Å². The molecule has 0 saturated carbocycles. The number of hydrogen-bond acceptors (Lipinski definition) is 2. The number of alkyl halides is 1. The van der Waals surface area contributed by atoms with Gasteiger partial charge in [0.1, 0.15) is 13.7 Å². The topological polar surface area (TPSA) is 22.1 Å². The average molecular weight is 309 g/mol. The Kier molecular flexibility index (Phi) is 4.50. The predicted octanol–water partition coefficient (Wildman–Crippen LogP) is 3.67. The van der Waals surface area contributed by atoms with Crippen molar-refractivity contribution in [3.05, 3.63) is 29.3 Å². The SMILES string of the molecule is C[C@H]1COCC[C@@]1(F)c1cc(C#C[Si](C)(C)C)cnc1F. The highest BCUT2D eigenvalue weighted by Crippen LogP contribution is 2.41. The van der Waals surface area contributed by atoms with Crippen molar-refractivity contribution in [3.8, 4) is 11.5 Å². The van der Waals surface area contributed by atoms with Crippen molar-refractivity contribution in [1.29, 1.82) is 0 Å². The van der Waals surface area contributed by atoms with E-state index in [4.69, 9.17) is 4.74 Å². The van der Waals surface area contributed by atoms with Crippen LogP contribution in [0.2, 0.25) is 19.6 Å². The maximum atomic E-state index is 15.2. The summed E-state index contributed by atoms with van der Waals surface area (Å²) in [6, 6.07) is 1.51. The highest BCUT2D eigenvalue weighted by molar-refractivity contribution is 6.83. The number of nitrogens with zero attached hydrogens (tertiary/aromatic N) is 1. The van der Waals surface area contributed by atoms with Crippen molar-refractivity contribution in [1.82, 2.24) is 4.98 Å². The zero-order valence-corrected chi connectivity index (χ0v) is 14.0. The van der Waals surface area contributed by atoms with Crippen molar-refractivity contribution in [2.24, 2.45) is 5.92 Å². The second-order valence-corrected chi connectivity index (χ2v) is 11.4. The lowest BCUT2D eigenvalue weighted by molar-refractivity contribution is -0.0606. The lowest BCUT2D eigenvalue weighted by Gasteiger charge is -2.35. The summed E-state index contributed by atoms with van der Waals surface area (Å²) in [5.41, 5.74) is 2.05. The van der Waals surface area contributed by atoms with E-state index in [9.17, 15) is 4.39 Å². The molecule has 1 aliphatic rings. The van der Waals surface area contributed by atoms with Gasteiger partial charge in [-0.3, -0.25) is 0 Å². The summed E-state index contributed by atoms with van der Waals surface area (Å²) in [6.45, 7) is 8.68. The summed E-state index contributed by atoms with van der Waals surface area (Å²) in [7, 11) is -1.54. The van der Waals surface area contributed by atoms with E-state index in [2.05, 4.69) is 36.1 Å². The quantitative estimate of drug-likeness (QED) is 0.448. The fourth-order valence-electron chi connectivity index (χ4n) is 2.33. The molecular formula is C16H21F2NOSi. The molecule has 2 atom stereocenters. The van der Waals surface area contributed by atoms with Crippen LogP contribution in [-0.4, -0.2) is 26.3 Å². The molecule has 0 bridgehead atoms. The molecule has 0 aliphatic carbocycles. The van der Waals surface area contributed by atoms with Crippen molar-refractivity contribution in [2.45, 2.75) is 38.7 Å². The second-order valence-electron chi connectivity index (χ2n) is 6.65. The minimum absolute atomic E-state index is 0.0145. The van der Waals surface area contributed by atoms with E-state index < -0.39 is 25.6 Å². The first-order chi connectivity index (χ1) is 9.72. The van der Waals surface area contributed by atoms with Gasteiger partial charge in [-0.1, -0.05) is 32.5 Å². The number of ether oxygens (including phenoxy) is 1. The first-order valence-electron chi connectivity index (χ1n) is 7.18. The first kappa shape index (κ1) is 16.1. The molecule has 0 spiro atoms. The third-order valence-electron chi connectivity index (χ3n) is 3.63. The predicted molar refractivity (Wildman–Crippen MR) is 81.8 cm³/mol. The molecule has 0 aromatic carbocycles. The molecule has 21 heavy (non-hydrogen) atoms. The maximum Gasteiger partial charge on any atom is 0.219 e. The Morgan fingerprint density at radius 1 is 1.43 bits per heavy atom. The first-order valence-corrected chi connectivity index (χ1v) is 10.7. The minimum atomic E-state index is -1.73. The van der Waals surface area contributed by atoms with Crippen LogP contribution in [0.4, 0.5) is 8.78 Å². The largest absolute Gasteiger partial charge is 0.381 e. The van der Waals surface area contributed by atoms with Gasteiger partial charge in [-0.05, 0) is 6.07 Å². The zero-order valence-electron chi connectivity index (χ0n) is 13.0. The third kappa shape index (κ3) is 3.69. The summed E-state index contributed by atoms with van der Waals surface area (Å²) >= 11 is 0. The van der Waals surface area contributed by atoms with E-state index in [1.54, 1.807) is 6.92 Å². The Bertz CT molecular complexity index is 588. The van der Waals surface area contributed by atoms with Crippen molar-refractivity contribution in [2.75, 3.05) is 13.2 Å². The molecule has 2 heterocycles. The molecule has 1 aromatic heterocycles. The van der Waals surface area contributed by atoms with Crippen LogP contribution in [-0.2, 0) is 10.4 Å². The van der Waals surface area contributed by atoms with E-state index in [1.807, 2.05) is 0 Å². The van der Waals surface area contributed by atoms with Gasteiger partial charge in [0.25, 0.3) is 0 Å². The Hall–Kier alpha value is -1.25. The number of rotatable bonds is 1. The average Bonchev–Trinajstić information content (AvgIpc) is 2.40. The molecule has 0 radical (unpaired) electrons. The Morgan fingerprint density at radius 3 is 2.76 bits per heavy atom. The fraction of sp³-hybridized carbons (Fsp3) is 0.562. The van der Waals surface area contributed by atoms with Crippen LogP contribution in [0.1, 0.15) is 24.5 Å². The maximum absolute atomic E-state index is 15.2. The normalized spacial score (nSPS) is 26.1. The van der Waals surface area contributed by atoms with Crippen LogP contribution in [0.25, 0.3) is 0 Å². The molecular weight excluding hydrogens is 288 g/mol. The summed E-state index contributed by atoms with van der Waals surface area (Å²) in [4.78, 5) is 3.70. The van der Waals surface area contributed by atoms with Gasteiger partial charge in [-0.2, -0.15) is 4.39 Å². The molecule has 1 saturated heterocycles. The highest BCUT2D eigenvalue weighted by Gasteiger charge is 2.43. The molecule has 114 valence electrons. The van der Waals surface area contributed by atoms with Gasteiger partial charge in [0.2, 0.25) is 5.95 Å². The lowest BCUT2D eigenvalue weighted by atomic mass is 9.81. The van der Waals surface area contributed by atoms with E-state index >= 15 is 4.39 Å². The van der Waals surface area contributed by atoms with Crippen molar-refractivity contribution < 1.29 is 13.5 Å². The molecule has 0 unspecified atom stereocenters. The monoisotopic (exact) mass is 309 g/mol. The number of halogens is 2. The van der Waals surface area contributed by atoms with E-state index in [0.29, 0.717) is 18.8 Å². The van der Waals surface area contributed by atoms with Gasteiger partial charge >= 0.3 is 0 Å². The van der Waals surface area contributed by atoms with Crippen molar-refractivity contribution in [3.63, 3.8) is 0 Å². The van der Waals surface area contributed by atoms with Gasteiger partial charge in [-0.15, -0.1) is 5.54 Å². The van der Waals surface area contributed by atoms with Crippen LogP contribution in [0.15, 0.2) is 12.3 Å². The summed E-state index contributed by atoms with van der Waals surface area (Å²) in [5.74, 6) is 1.86. The summed E-state index contributed by atoms with van der Waals surface area (Å²) in [5, 5.41) is 0. The standard InChI is InChI=1S/C16H21F2NOSi/c1-12-11-20-7-6-16(12,18)14-9-13(10-19-15(14)17)5-8-21(2,3)4/h9-10,12H,6-7,11H2,1-4H3/t12-,16-/m0/s1. The van der Waals surface area contributed by atoms with Gasteiger partial charge in [0.15, 0.2) is 0 Å². The van der Waals surface area contributed by atoms with Gasteiger partial charge in [0, 0.05) is 36.3 Å². The molecule has 0 amide bonds. The molecule has 1 fully saturated rings. The number of hydrogen-bond donors (Lipinski definition) is 0. The van der Waals surface area contributed by atoms with E-state index in [1.165, 1.54) is 12.3 Å². The van der Waals surface area contributed by atoms with Gasteiger partial charge in [0.05, 0.1) is 6.61 Å². The fourth-order valence-corrected chi connectivity index (χ4v) is 2.85. The van der Waals surface area contributed by atoms with Gasteiger partial charge in [-0.25, -0.2) is 9.37 Å². The lowest BCUT2D eigenvalue weighted by Crippen LogP contribution is -2.38. The second kappa shape index (κ2) is 5.86. The zero-order chi connectivity index (χ0) is 15.7. The van der Waals surface area contributed by atoms with Gasteiger partial charge < -0.3 is 4.74 Å². The van der Waals surface area contributed by atoms with Crippen LogP contribution in [0, 0.1) is 23.3 Å². The number of pyridine rings is 1. The van der Waals surface area contributed by atoms with Crippen LogP contribution < -0.4 is 0 Å². The van der Waals surface area contributed by atoms with Crippen LogP contribution in [0.3, 0.4) is 0 Å². The Morgan fingerprint density at radius 2 is 2.14 bits per heavy atom. The Labute approximate surface area is 125 Å². The highest BCUT2D eigenvalue weighted by atomic mass is 28.3. The Balaban J connectivity index is 2.41. The number of aromatic nitrogens is 1. The molecule has 2 nitrogen and oxygen atoms in total.